The highest BCUT2D eigenvalue weighted by atomic mass is 35.5. The lowest BCUT2D eigenvalue weighted by atomic mass is 10.1. The van der Waals surface area contributed by atoms with E-state index in [4.69, 9.17) is 16.7 Å². The molecule has 4 heteroatoms. The van der Waals surface area contributed by atoms with Crippen LogP contribution in [-0.4, -0.2) is 16.1 Å². The Kier molecular flexibility index (Phi) is 2.79. The second-order valence-electron chi connectivity index (χ2n) is 3.51. The number of hydrogen-bond acceptors (Lipinski definition) is 2. The van der Waals surface area contributed by atoms with Gasteiger partial charge in [-0.1, -0.05) is 24.6 Å². The summed E-state index contributed by atoms with van der Waals surface area (Å²) in [6.07, 6.45) is 0.904. The van der Waals surface area contributed by atoms with E-state index in [9.17, 15) is 4.79 Å². The van der Waals surface area contributed by atoms with Gasteiger partial charge in [-0.3, -0.25) is 0 Å². The average Bonchev–Trinajstić information content (AvgIpc) is 2.27. The standard InChI is InChI=1S/C12H10ClNO2/c1-2-7-3-4-10-8(5-7)6-9(12(15)16)11(13)14-10/h3-6H,2H2,1H3,(H,15,16). The van der Waals surface area contributed by atoms with Gasteiger partial charge in [0.05, 0.1) is 11.1 Å². The summed E-state index contributed by atoms with van der Waals surface area (Å²) in [6, 6.07) is 7.31. The molecule has 0 unspecified atom stereocenters. The lowest BCUT2D eigenvalue weighted by Gasteiger charge is -2.03. The Morgan fingerprint density at radius 2 is 2.19 bits per heavy atom. The molecule has 0 aliphatic carbocycles. The largest absolute Gasteiger partial charge is 0.478 e. The second-order valence-corrected chi connectivity index (χ2v) is 3.87. The van der Waals surface area contributed by atoms with Crippen LogP contribution in [0.15, 0.2) is 24.3 Å². The zero-order chi connectivity index (χ0) is 11.7. The first-order valence-electron chi connectivity index (χ1n) is 4.94. The van der Waals surface area contributed by atoms with Crippen LogP contribution in [0.1, 0.15) is 22.8 Å². The molecule has 16 heavy (non-hydrogen) atoms. The van der Waals surface area contributed by atoms with Crippen LogP contribution in [0, 0.1) is 0 Å². The van der Waals surface area contributed by atoms with Crippen molar-refractivity contribution in [2.45, 2.75) is 13.3 Å². The molecule has 0 atom stereocenters. The Morgan fingerprint density at radius 3 is 2.81 bits per heavy atom. The molecule has 1 aromatic heterocycles. The maximum atomic E-state index is 10.9. The summed E-state index contributed by atoms with van der Waals surface area (Å²) in [4.78, 5) is 15.0. The van der Waals surface area contributed by atoms with Gasteiger partial charge in [0.25, 0.3) is 0 Å². The molecule has 0 amide bonds. The molecule has 0 spiro atoms. The molecule has 3 nitrogen and oxygen atoms in total. The molecule has 0 aliphatic rings. The Morgan fingerprint density at radius 1 is 1.44 bits per heavy atom. The Hall–Kier alpha value is -1.61. The van der Waals surface area contributed by atoms with E-state index in [-0.39, 0.29) is 10.7 Å². The number of carboxylic acid groups (broad SMARTS) is 1. The van der Waals surface area contributed by atoms with Crippen molar-refractivity contribution in [3.63, 3.8) is 0 Å². The van der Waals surface area contributed by atoms with Crippen LogP contribution in [0.25, 0.3) is 10.9 Å². The van der Waals surface area contributed by atoms with Gasteiger partial charge < -0.3 is 5.11 Å². The van der Waals surface area contributed by atoms with Crippen LogP contribution in [0.2, 0.25) is 5.15 Å². The van der Waals surface area contributed by atoms with Crippen molar-refractivity contribution < 1.29 is 9.90 Å². The number of nitrogens with zero attached hydrogens (tertiary/aromatic N) is 1. The minimum atomic E-state index is -1.05. The quantitative estimate of drug-likeness (QED) is 0.814. The molecular weight excluding hydrogens is 226 g/mol. The van der Waals surface area contributed by atoms with Crippen molar-refractivity contribution in [2.75, 3.05) is 0 Å². The van der Waals surface area contributed by atoms with E-state index >= 15 is 0 Å². The van der Waals surface area contributed by atoms with Crippen LogP contribution in [0.3, 0.4) is 0 Å². The highest BCUT2D eigenvalue weighted by Crippen LogP contribution is 2.21. The molecule has 1 N–H and O–H groups in total. The maximum absolute atomic E-state index is 10.9. The van der Waals surface area contributed by atoms with Crippen LogP contribution in [-0.2, 0) is 6.42 Å². The number of benzene rings is 1. The van der Waals surface area contributed by atoms with E-state index in [1.807, 2.05) is 25.1 Å². The monoisotopic (exact) mass is 235 g/mol. The minimum Gasteiger partial charge on any atom is -0.478 e. The summed E-state index contributed by atoms with van der Waals surface area (Å²) in [6.45, 7) is 2.04. The molecule has 0 bridgehead atoms. The molecule has 0 aliphatic heterocycles. The summed E-state index contributed by atoms with van der Waals surface area (Å²) in [5.41, 5.74) is 1.91. The van der Waals surface area contributed by atoms with E-state index in [1.165, 1.54) is 0 Å². The number of carboxylic acids is 1. The number of halogens is 1. The molecule has 82 valence electrons. The van der Waals surface area contributed by atoms with Gasteiger partial charge >= 0.3 is 5.97 Å². The molecule has 2 rings (SSSR count). The van der Waals surface area contributed by atoms with Crippen molar-refractivity contribution in [1.82, 2.24) is 4.98 Å². The summed E-state index contributed by atoms with van der Waals surface area (Å²) < 4.78 is 0. The molecular formula is C12H10ClNO2. The summed E-state index contributed by atoms with van der Waals surface area (Å²) >= 11 is 5.78. The number of pyridine rings is 1. The first-order chi connectivity index (χ1) is 7.61. The first-order valence-corrected chi connectivity index (χ1v) is 5.32. The molecule has 1 heterocycles. The van der Waals surface area contributed by atoms with Gasteiger partial charge in [0, 0.05) is 5.39 Å². The summed E-state index contributed by atoms with van der Waals surface area (Å²) in [5, 5.41) is 9.77. The van der Waals surface area contributed by atoms with Crippen LogP contribution in [0.4, 0.5) is 0 Å². The van der Waals surface area contributed by atoms with Crippen molar-refractivity contribution in [1.29, 1.82) is 0 Å². The van der Waals surface area contributed by atoms with Crippen LogP contribution in [0.5, 0.6) is 0 Å². The number of fused-ring (bicyclic) bond motifs is 1. The van der Waals surface area contributed by atoms with Crippen molar-refractivity contribution in [3.8, 4) is 0 Å². The van der Waals surface area contributed by atoms with E-state index in [2.05, 4.69) is 4.98 Å². The van der Waals surface area contributed by atoms with Gasteiger partial charge in [-0.2, -0.15) is 0 Å². The van der Waals surface area contributed by atoms with E-state index < -0.39 is 5.97 Å². The van der Waals surface area contributed by atoms with E-state index in [0.717, 1.165) is 17.4 Å². The third-order valence-corrected chi connectivity index (χ3v) is 2.76. The maximum Gasteiger partial charge on any atom is 0.338 e. The highest BCUT2D eigenvalue weighted by Gasteiger charge is 2.11. The Labute approximate surface area is 97.7 Å². The smallest absolute Gasteiger partial charge is 0.338 e. The average molecular weight is 236 g/mol. The molecule has 0 radical (unpaired) electrons. The first kappa shape index (κ1) is 10.9. The van der Waals surface area contributed by atoms with Gasteiger partial charge in [0.1, 0.15) is 5.15 Å². The number of carbonyl (C=O) groups is 1. The highest BCUT2D eigenvalue weighted by molar-refractivity contribution is 6.32. The molecule has 0 fully saturated rings. The summed E-state index contributed by atoms with van der Waals surface area (Å²) in [5.74, 6) is -1.05. The Balaban J connectivity index is 2.70. The van der Waals surface area contributed by atoms with Crippen LogP contribution >= 0.6 is 11.6 Å². The summed E-state index contributed by atoms with van der Waals surface area (Å²) in [7, 11) is 0. The SMILES string of the molecule is CCc1ccc2nc(Cl)c(C(=O)O)cc2c1. The van der Waals surface area contributed by atoms with Gasteiger partial charge in [-0.25, -0.2) is 9.78 Å². The predicted octanol–water partition coefficient (Wildman–Crippen LogP) is 3.15. The Bertz CT molecular complexity index is 566. The fourth-order valence-corrected chi connectivity index (χ4v) is 1.80. The number of aryl methyl sites for hydroxylation is 1. The topological polar surface area (TPSA) is 50.2 Å². The third-order valence-electron chi connectivity index (χ3n) is 2.47. The molecule has 0 saturated carbocycles. The van der Waals surface area contributed by atoms with Gasteiger partial charge in [0.15, 0.2) is 0 Å². The third kappa shape index (κ3) is 1.86. The van der Waals surface area contributed by atoms with Crippen molar-refractivity contribution in [3.05, 3.63) is 40.5 Å². The lowest BCUT2D eigenvalue weighted by Crippen LogP contribution is -1.99. The van der Waals surface area contributed by atoms with Crippen LogP contribution < -0.4 is 0 Å². The minimum absolute atomic E-state index is 0.0317. The second kappa shape index (κ2) is 4.10. The number of aromatic carboxylic acids is 1. The lowest BCUT2D eigenvalue weighted by molar-refractivity contribution is 0.0697. The molecule has 2 aromatic rings. The fraction of sp³-hybridized carbons (Fsp3) is 0.167. The number of rotatable bonds is 2. The van der Waals surface area contributed by atoms with Gasteiger partial charge in [-0.15, -0.1) is 0 Å². The zero-order valence-corrected chi connectivity index (χ0v) is 9.45. The normalized spacial score (nSPS) is 10.6. The van der Waals surface area contributed by atoms with Crippen molar-refractivity contribution >= 4 is 28.5 Å². The predicted molar refractivity (Wildman–Crippen MR) is 63.1 cm³/mol. The number of hydrogen-bond donors (Lipinski definition) is 1. The van der Waals surface area contributed by atoms with E-state index in [0.29, 0.717) is 5.52 Å². The molecule has 1 aromatic carbocycles. The van der Waals surface area contributed by atoms with Crippen molar-refractivity contribution in [2.24, 2.45) is 0 Å². The van der Waals surface area contributed by atoms with E-state index in [1.54, 1.807) is 6.07 Å². The van der Waals surface area contributed by atoms with Gasteiger partial charge in [0.2, 0.25) is 0 Å². The fourth-order valence-electron chi connectivity index (χ4n) is 1.57. The molecule has 0 saturated heterocycles. The zero-order valence-electron chi connectivity index (χ0n) is 8.70. The van der Waals surface area contributed by atoms with Gasteiger partial charge in [-0.05, 0) is 30.2 Å². The number of aromatic nitrogens is 1.